The number of benzene rings is 2. The fraction of sp³-hybridized carbons (Fsp3) is 0.360. The molecule has 0 spiro atoms. The molecule has 170 valence electrons. The number of aliphatic hydroxyl groups excluding tert-OH is 1. The number of carbonyl (C=O) groups excluding carboxylic acids is 2. The van der Waals surface area contributed by atoms with Crippen LogP contribution in [0.3, 0.4) is 0 Å². The van der Waals surface area contributed by atoms with Gasteiger partial charge < -0.3 is 19.6 Å². The van der Waals surface area contributed by atoms with Crippen molar-refractivity contribution in [2.45, 2.75) is 26.3 Å². The molecule has 0 radical (unpaired) electrons. The van der Waals surface area contributed by atoms with Crippen LogP contribution in [0.25, 0.3) is 5.76 Å². The molecule has 32 heavy (non-hydrogen) atoms. The van der Waals surface area contributed by atoms with Gasteiger partial charge in [0.15, 0.2) is 0 Å². The van der Waals surface area contributed by atoms with Crippen molar-refractivity contribution in [1.29, 1.82) is 0 Å². The Morgan fingerprint density at radius 2 is 1.84 bits per heavy atom. The van der Waals surface area contributed by atoms with Gasteiger partial charge in [-0.25, -0.2) is 4.39 Å². The second-order valence-corrected chi connectivity index (χ2v) is 8.11. The average Bonchev–Trinajstić information content (AvgIpc) is 2.99. The zero-order chi connectivity index (χ0) is 23.4. The van der Waals surface area contributed by atoms with Gasteiger partial charge in [-0.2, -0.15) is 0 Å². The molecule has 1 amide bonds. The summed E-state index contributed by atoms with van der Waals surface area (Å²) in [5, 5.41) is 11.2. The van der Waals surface area contributed by atoms with Gasteiger partial charge >= 0.3 is 0 Å². The van der Waals surface area contributed by atoms with E-state index in [4.69, 9.17) is 4.74 Å². The Morgan fingerprint density at radius 1 is 1.16 bits per heavy atom. The number of aryl methyl sites for hydroxylation is 1. The minimum Gasteiger partial charge on any atom is -0.507 e. The van der Waals surface area contributed by atoms with Gasteiger partial charge in [0, 0.05) is 12.1 Å². The van der Waals surface area contributed by atoms with Gasteiger partial charge in [0.25, 0.3) is 11.7 Å². The fourth-order valence-electron chi connectivity index (χ4n) is 3.96. The number of aliphatic hydroxyl groups is 1. The number of carbonyl (C=O) groups is 2. The standard InChI is InChI=1S/C25H29FN2O4/c1-5-32-19-11-12-20(16(2)15-19)23(29)21-22(17-7-9-18(26)10-8-17)28(25(31)24(21)30)14-6-13-27(3)4/h7-12,15,22,29H,5-6,13-14H2,1-4H3. The largest absolute Gasteiger partial charge is 0.507 e. The summed E-state index contributed by atoms with van der Waals surface area (Å²) < 4.78 is 19.1. The highest BCUT2D eigenvalue weighted by molar-refractivity contribution is 6.46. The molecule has 2 aromatic carbocycles. The minimum atomic E-state index is -0.788. The second-order valence-electron chi connectivity index (χ2n) is 8.11. The third-order valence-electron chi connectivity index (χ3n) is 5.49. The normalized spacial score (nSPS) is 17.9. The molecule has 1 unspecified atom stereocenters. The van der Waals surface area contributed by atoms with Crippen molar-refractivity contribution >= 4 is 17.4 Å². The van der Waals surface area contributed by atoms with Crippen LogP contribution in [0.5, 0.6) is 5.75 Å². The summed E-state index contributed by atoms with van der Waals surface area (Å²) >= 11 is 0. The molecule has 1 heterocycles. The number of Topliss-reactive ketones (excluding diaryl/α,β-unsaturated/α-hetero) is 1. The smallest absolute Gasteiger partial charge is 0.295 e. The van der Waals surface area contributed by atoms with Crippen molar-refractivity contribution in [3.63, 3.8) is 0 Å². The van der Waals surface area contributed by atoms with Crippen molar-refractivity contribution < 1.29 is 23.8 Å². The maximum absolute atomic E-state index is 13.6. The van der Waals surface area contributed by atoms with E-state index in [-0.39, 0.29) is 11.3 Å². The predicted molar refractivity (Wildman–Crippen MR) is 121 cm³/mol. The molecule has 1 fully saturated rings. The van der Waals surface area contributed by atoms with Crippen molar-refractivity contribution in [2.24, 2.45) is 0 Å². The van der Waals surface area contributed by atoms with Crippen LogP contribution in [0.15, 0.2) is 48.0 Å². The van der Waals surface area contributed by atoms with Crippen LogP contribution in [-0.2, 0) is 9.59 Å². The summed E-state index contributed by atoms with van der Waals surface area (Å²) in [4.78, 5) is 29.4. The lowest BCUT2D eigenvalue weighted by Gasteiger charge is -2.26. The van der Waals surface area contributed by atoms with Crippen LogP contribution >= 0.6 is 0 Å². The molecule has 1 aliphatic heterocycles. The maximum atomic E-state index is 13.6. The third kappa shape index (κ3) is 4.83. The third-order valence-corrected chi connectivity index (χ3v) is 5.49. The van der Waals surface area contributed by atoms with Crippen molar-refractivity contribution in [2.75, 3.05) is 33.8 Å². The number of rotatable bonds is 8. The molecule has 1 saturated heterocycles. The van der Waals surface area contributed by atoms with Gasteiger partial charge in [0.2, 0.25) is 0 Å². The minimum absolute atomic E-state index is 0.0127. The monoisotopic (exact) mass is 440 g/mol. The zero-order valence-corrected chi connectivity index (χ0v) is 18.9. The number of ether oxygens (including phenoxy) is 1. The van der Waals surface area contributed by atoms with Crippen molar-refractivity contribution in [1.82, 2.24) is 9.80 Å². The van der Waals surface area contributed by atoms with Crippen LogP contribution in [0.1, 0.15) is 36.1 Å². The number of amides is 1. The Morgan fingerprint density at radius 3 is 2.44 bits per heavy atom. The van der Waals surface area contributed by atoms with E-state index >= 15 is 0 Å². The molecule has 7 heteroatoms. The Bertz CT molecular complexity index is 1030. The van der Waals surface area contributed by atoms with Gasteiger partial charge in [-0.05, 0) is 82.4 Å². The van der Waals surface area contributed by atoms with Crippen molar-refractivity contribution in [3.8, 4) is 5.75 Å². The highest BCUT2D eigenvalue weighted by Gasteiger charge is 2.45. The molecule has 0 aliphatic carbocycles. The molecule has 0 saturated carbocycles. The Kier molecular flexibility index (Phi) is 7.30. The number of hydrogen-bond donors (Lipinski definition) is 1. The van der Waals surface area contributed by atoms with E-state index in [2.05, 4.69) is 0 Å². The number of halogens is 1. The Balaban J connectivity index is 2.09. The van der Waals surface area contributed by atoms with Gasteiger partial charge in [-0.15, -0.1) is 0 Å². The Hall–Kier alpha value is -3.19. The summed E-state index contributed by atoms with van der Waals surface area (Å²) in [6.07, 6.45) is 0.653. The quantitative estimate of drug-likeness (QED) is 0.383. The molecule has 1 atom stereocenters. The number of nitrogens with zero attached hydrogens (tertiary/aromatic N) is 2. The molecule has 0 bridgehead atoms. The first-order valence-electron chi connectivity index (χ1n) is 10.7. The van der Waals surface area contributed by atoms with Crippen molar-refractivity contribution in [3.05, 3.63) is 70.5 Å². The summed E-state index contributed by atoms with van der Waals surface area (Å²) in [5.74, 6) is -1.41. The van der Waals surface area contributed by atoms with Gasteiger partial charge in [0.1, 0.15) is 17.3 Å². The molecule has 6 nitrogen and oxygen atoms in total. The van der Waals surface area contributed by atoms with Gasteiger partial charge in [-0.1, -0.05) is 12.1 Å². The van der Waals surface area contributed by atoms with E-state index in [1.54, 1.807) is 37.3 Å². The molecule has 1 N–H and O–H groups in total. The fourth-order valence-corrected chi connectivity index (χ4v) is 3.96. The molecule has 0 aromatic heterocycles. The number of likely N-dealkylation sites (tertiary alicyclic amines) is 1. The van der Waals surface area contributed by atoms with Crippen LogP contribution in [-0.4, -0.2) is 60.4 Å². The maximum Gasteiger partial charge on any atom is 0.295 e. The van der Waals surface area contributed by atoms with E-state index in [9.17, 15) is 19.1 Å². The average molecular weight is 441 g/mol. The van der Waals surface area contributed by atoms with Crippen LogP contribution in [0, 0.1) is 12.7 Å². The lowest BCUT2D eigenvalue weighted by molar-refractivity contribution is -0.139. The number of ketones is 1. The summed E-state index contributed by atoms with van der Waals surface area (Å²) in [6, 6.07) is 10.0. The van der Waals surface area contributed by atoms with E-state index in [0.29, 0.717) is 42.0 Å². The lowest BCUT2D eigenvalue weighted by Crippen LogP contribution is -2.32. The van der Waals surface area contributed by atoms with Gasteiger partial charge in [0.05, 0.1) is 18.2 Å². The molecular formula is C25H29FN2O4. The molecular weight excluding hydrogens is 411 g/mol. The first-order chi connectivity index (χ1) is 15.2. The lowest BCUT2D eigenvalue weighted by atomic mass is 9.94. The second kappa shape index (κ2) is 9.96. The van der Waals surface area contributed by atoms with E-state index in [0.717, 1.165) is 6.54 Å². The van der Waals surface area contributed by atoms with Gasteiger partial charge in [-0.3, -0.25) is 9.59 Å². The molecule has 3 rings (SSSR count). The summed E-state index contributed by atoms with van der Waals surface area (Å²) in [7, 11) is 3.86. The predicted octanol–water partition coefficient (Wildman–Crippen LogP) is 3.91. The Labute approximate surface area is 187 Å². The highest BCUT2D eigenvalue weighted by Crippen LogP contribution is 2.40. The topological polar surface area (TPSA) is 70.1 Å². The summed E-state index contributed by atoms with van der Waals surface area (Å²) in [5.41, 5.74) is 1.75. The molecule has 2 aromatic rings. The van der Waals surface area contributed by atoms with Crippen LogP contribution in [0.4, 0.5) is 4.39 Å². The van der Waals surface area contributed by atoms with E-state index in [1.807, 2.05) is 25.9 Å². The summed E-state index contributed by atoms with van der Waals surface area (Å²) in [6.45, 7) is 5.26. The van der Waals surface area contributed by atoms with Crippen LogP contribution in [0.2, 0.25) is 0 Å². The SMILES string of the molecule is CCOc1ccc(C(O)=C2C(=O)C(=O)N(CCCN(C)C)C2c2ccc(F)cc2)c(C)c1. The molecule has 1 aliphatic rings. The number of hydrogen-bond acceptors (Lipinski definition) is 5. The van der Waals surface area contributed by atoms with Crippen LogP contribution < -0.4 is 4.74 Å². The highest BCUT2D eigenvalue weighted by atomic mass is 19.1. The van der Waals surface area contributed by atoms with E-state index in [1.165, 1.54) is 17.0 Å². The first-order valence-corrected chi connectivity index (χ1v) is 10.7. The zero-order valence-electron chi connectivity index (χ0n) is 18.9. The van der Waals surface area contributed by atoms with E-state index < -0.39 is 23.5 Å². The first kappa shape index (κ1) is 23.5.